The summed E-state index contributed by atoms with van der Waals surface area (Å²) in [6.45, 7) is 9.20. The van der Waals surface area contributed by atoms with Gasteiger partial charge in [0.05, 0.1) is 0 Å². The van der Waals surface area contributed by atoms with Gasteiger partial charge in [0.1, 0.15) is 0 Å². The number of rotatable bonds is 10. The Bertz CT molecular complexity index is 303. The van der Waals surface area contributed by atoms with Crippen molar-refractivity contribution in [1.82, 2.24) is 5.32 Å². The Hall–Kier alpha value is -0.820. The lowest BCUT2D eigenvalue weighted by Crippen LogP contribution is -2.26. The normalized spacial score (nSPS) is 12.8. The summed E-state index contributed by atoms with van der Waals surface area (Å²) < 4.78 is 0. The second-order valence-corrected chi connectivity index (χ2v) is 5.68. The van der Waals surface area contributed by atoms with E-state index in [1.54, 1.807) is 0 Å². The zero-order chi connectivity index (χ0) is 13.9. The molecule has 0 fully saturated rings. The first-order valence-electron chi connectivity index (χ1n) is 8.04. The molecular formula is C18H31N. The highest BCUT2D eigenvalue weighted by atomic mass is 14.8. The molecule has 0 aliphatic heterocycles. The Balaban J connectivity index is 2.52. The number of hydrogen-bond acceptors (Lipinski definition) is 1. The average molecular weight is 261 g/mol. The highest BCUT2D eigenvalue weighted by molar-refractivity contribution is 5.15. The summed E-state index contributed by atoms with van der Waals surface area (Å²) >= 11 is 0. The van der Waals surface area contributed by atoms with Gasteiger partial charge < -0.3 is 5.32 Å². The number of benzene rings is 1. The van der Waals surface area contributed by atoms with Gasteiger partial charge >= 0.3 is 0 Å². The molecule has 108 valence electrons. The predicted molar refractivity (Wildman–Crippen MR) is 85.5 cm³/mol. The Morgan fingerprint density at radius 3 is 2.21 bits per heavy atom. The Morgan fingerprint density at radius 1 is 0.947 bits per heavy atom. The first-order chi connectivity index (χ1) is 9.30. The van der Waals surface area contributed by atoms with Crippen molar-refractivity contribution in [3.8, 4) is 0 Å². The van der Waals surface area contributed by atoms with Crippen LogP contribution in [0.4, 0.5) is 0 Å². The second-order valence-electron chi connectivity index (χ2n) is 5.68. The third-order valence-corrected chi connectivity index (χ3v) is 4.05. The van der Waals surface area contributed by atoms with Crippen LogP contribution in [-0.2, 0) is 6.42 Å². The molecule has 1 heteroatoms. The van der Waals surface area contributed by atoms with Crippen LogP contribution in [0.25, 0.3) is 0 Å². The summed E-state index contributed by atoms with van der Waals surface area (Å²) in [6, 6.07) is 10.9. The van der Waals surface area contributed by atoms with Crippen LogP contribution in [0.2, 0.25) is 0 Å². The molecule has 1 N–H and O–H groups in total. The van der Waals surface area contributed by atoms with Crippen molar-refractivity contribution in [3.05, 3.63) is 35.9 Å². The van der Waals surface area contributed by atoms with Crippen LogP contribution < -0.4 is 5.32 Å². The lowest BCUT2D eigenvalue weighted by Gasteiger charge is -2.22. The molecule has 1 aromatic carbocycles. The second kappa shape index (κ2) is 10.0. The summed E-state index contributed by atoms with van der Waals surface area (Å²) in [5.74, 6) is 1.66. The highest BCUT2D eigenvalue weighted by Gasteiger charge is 2.14. The maximum atomic E-state index is 3.61. The van der Waals surface area contributed by atoms with Gasteiger partial charge in [-0.1, -0.05) is 63.9 Å². The minimum absolute atomic E-state index is 0.777. The van der Waals surface area contributed by atoms with Crippen LogP contribution in [0.15, 0.2) is 30.3 Å². The van der Waals surface area contributed by atoms with Crippen molar-refractivity contribution in [2.45, 2.75) is 52.9 Å². The largest absolute Gasteiger partial charge is 0.316 e. The van der Waals surface area contributed by atoms with E-state index in [1.807, 2.05) is 0 Å². The average Bonchev–Trinajstić information content (AvgIpc) is 2.45. The molecule has 1 rings (SSSR count). The molecule has 0 heterocycles. The minimum Gasteiger partial charge on any atom is -0.316 e. The van der Waals surface area contributed by atoms with Crippen LogP contribution in [0.1, 0.15) is 52.0 Å². The molecule has 0 spiro atoms. The number of nitrogens with one attached hydrogen (secondary N) is 1. The molecule has 0 aliphatic rings. The molecule has 1 nitrogen and oxygen atoms in total. The Kier molecular flexibility index (Phi) is 8.57. The van der Waals surface area contributed by atoms with Crippen molar-refractivity contribution in [2.24, 2.45) is 11.8 Å². The SMILES string of the molecule is CCCNCC(Cc1ccccc1)CC(CC)CC. The topological polar surface area (TPSA) is 12.0 Å². The highest BCUT2D eigenvalue weighted by Crippen LogP contribution is 2.21. The smallest absolute Gasteiger partial charge is 0.00172 e. The lowest BCUT2D eigenvalue weighted by atomic mass is 9.86. The summed E-state index contributed by atoms with van der Waals surface area (Å²) in [6.07, 6.45) is 6.43. The Morgan fingerprint density at radius 2 is 1.63 bits per heavy atom. The van der Waals surface area contributed by atoms with E-state index in [1.165, 1.54) is 44.2 Å². The van der Waals surface area contributed by atoms with E-state index in [-0.39, 0.29) is 0 Å². The van der Waals surface area contributed by atoms with E-state index in [0.717, 1.165) is 18.4 Å². The molecule has 1 aromatic rings. The quantitative estimate of drug-likeness (QED) is 0.603. The van der Waals surface area contributed by atoms with Crippen molar-refractivity contribution < 1.29 is 0 Å². The molecule has 0 saturated heterocycles. The van der Waals surface area contributed by atoms with Crippen LogP contribution in [-0.4, -0.2) is 13.1 Å². The fraction of sp³-hybridized carbons (Fsp3) is 0.667. The Labute approximate surface area is 119 Å². The predicted octanol–water partition coefficient (Wildman–Crippen LogP) is 4.67. The van der Waals surface area contributed by atoms with E-state index < -0.39 is 0 Å². The van der Waals surface area contributed by atoms with Crippen molar-refractivity contribution in [1.29, 1.82) is 0 Å². The third-order valence-electron chi connectivity index (χ3n) is 4.05. The van der Waals surface area contributed by atoms with Gasteiger partial charge in [-0.3, -0.25) is 0 Å². The summed E-state index contributed by atoms with van der Waals surface area (Å²) in [4.78, 5) is 0. The van der Waals surface area contributed by atoms with Crippen LogP contribution in [0, 0.1) is 11.8 Å². The van der Waals surface area contributed by atoms with Gasteiger partial charge in [0.25, 0.3) is 0 Å². The first kappa shape index (κ1) is 16.2. The minimum atomic E-state index is 0.777. The third kappa shape index (κ3) is 6.77. The van der Waals surface area contributed by atoms with E-state index in [2.05, 4.69) is 56.4 Å². The zero-order valence-electron chi connectivity index (χ0n) is 13.0. The maximum Gasteiger partial charge on any atom is -0.00172 e. The van der Waals surface area contributed by atoms with Crippen LogP contribution in [0.5, 0.6) is 0 Å². The molecule has 0 aliphatic carbocycles. The summed E-state index contributed by atoms with van der Waals surface area (Å²) in [5.41, 5.74) is 1.48. The van der Waals surface area contributed by atoms with Gasteiger partial charge in [0, 0.05) is 0 Å². The molecule has 19 heavy (non-hydrogen) atoms. The van der Waals surface area contributed by atoms with E-state index >= 15 is 0 Å². The molecule has 0 bridgehead atoms. The molecule has 0 amide bonds. The fourth-order valence-corrected chi connectivity index (χ4v) is 2.76. The first-order valence-corrected chi connectivity index (χ1v) is 8.04. The van der Waals surface area contributed by atoms with Gasteiger partial charge in [-0.05, 0) is 49.8 Å². The summed E-state index contributed by atoms with van der Waals surface area (Å²) in [7, 11) is 0. The summed E-state index contributed by atoms with van der Waals surface area (Å²) in [5, 5.41) is 3.61. The molecule has 0 aromatic heterocycles. The molecule has 1 atom stereocenters. The number of hydrogen-bond donors (Lipinski definition) is 1. The van der Waals surface area contributed by atoms with Crippen LogP contribution >= 0.6 is 0 Å². The van der Waals surface area contributed by atoms with Gasteiger partial charge in [-0.25, -0.2) is 0 Å². The van der Waals surface area contributed by atoms with Gasteiger partial charge in [0.2, 0.25) is 0 Å². The van der Waals surface area contributed by atoms with Gasteiger partial charge in [0.15, 0.2) is 0 Å². The van der Waals surface area contributed by atoms with E-state index in [4.69, 9.17) is 0 Å². The standard InChI is InChI=1S/C18H31N/c1-4-12-19-15-18(13-16(5-2)6-3)14-17-10-8-7-9-11-17/h7-11,16,18-19H,4-6,12-15H2,1-3H3. The molecule has 0 saturated carbocycles. The van der Waals surface area contributed by atoms with Gasteiger partial charge in [-0.15, -0.1) is 0 Å². The van der Waals surface area contributed by atoms with Crippen molar-refractivity contribution >= 4 is 0 Å². The molecular weight excluding hydrogens is 230 g/mol. The maximum absolute atomic E-state index is 3.61. The lowest BCUT2D eigenvalue weighted by molar-refractivity contribution is 0.338. The zero-order valence-corrected chi connectivity index (χ0v) is 13.0. The fourth-order valence-electron chi connectivity index (χ4n) is 2.76. The van der Waals surface area contributed by atoms with Crippen molar-refractivity contribution in [2.75, 3.05) is 13.1 Å². The van der Waals surface area contributed by atoms with Crippen molar-refractivity contribution in [3.63, 3.8) is 0 Å². The van der Waals surface area contributed by atoms with Crippen LogP contribution in [0.3, 0.4) is 0 Å². The van der Waals surface area contributed by atoms with Gasteiger partial charge in [-0.2, -0.15) is 0 Å². The van der Waals surface area contributed by atoms with E-state index in [9.17, 15) is 0 Å². The van der Waals surface area contributed by atoms with E-state index in [0.29, 0.717) is 0 Å². The monoisotopic (exact) mass is 261 g/mol. The molecule has 1 unspecified atom stereocenters. The molecule has 0 radical (unpaired) electrons.